The van der Waals surface area contributed by atoms with Crippen LogP contribution in [0.15, 0.2) is 0 Å². The van der Waals surface area contributed by atoms with Gasteiger partial charge < -0.3 is 14.6 Å². The van der Waals surface area contributed by atoms with Gasteiger partial charge in [-0.25, -0.2) is 0 Å². The molecule has 0 spiro atoms. The molecule has 0 bridgehead atoms. The van der Waals surface area contributed by atoms with Gasteiger partial charge >= 0.3 is 11.9 Å². The number of ether oxygens (including phenoxy) is 2. The number of rotatable bonds is 34. The Labute approximate surface area is 268 Å². The Morgan fingerprint density at radius 1 is 0.512 bits per heavy atom. The molecule has 5 nitrogen and oxygen atoms in total. The zero-order valence-electron chi connectivity index (χ0n) is 29.2. The lowest BCUT2D eigenvalue weighted by Gasteiger charge is -2.15. The maximum absolute atomic E-state index is 12.1. The first-order chi connectivity index (χ1) is 21.0. The molecule has 0 amide bonds. The second-order valence-electron chi connectivity index (χ2n) is 13.5. The van der Waals surface area contributed by atoms with Gasteiger partial charge in [-0.15, -0.1) is 0 Å². The van der Waals surface area contributed by atoms with E-state index in [0.717, 1.165) is 44.4 Å². The Balaban J connectivity index is 3.48. The standard InChI is InChI=1S/C38H74O5/c1-4-5-6-7-8-9-10-11-12-13-14-15-16-17-18-19-22-26-29-32-38(41)43-36(33-39)34-42-37(40)31-28-25-23-20-21-24-27-30-35(2)3/h35-36,39H,4-34H2,1-3H3/t36-/m0/s1. The van der Waals surface area contributed by atoms with Gasteiger partial charge in [-0.05, 0) is 18.8 Å². The number of hydrogen-bond acceptors (Lipinski definition) is 5. The van der Waals surface area contributed by atoms with Gasteiger partial charge in [0, 0.05) is 12.8 Å². The summed E-state index contributed by atoms with van der Waals surface area (Å²) in [6.07, 6.45) is 34.6. The Bertz CT molecular complexity index is 591. The Kier molecular flexibility index (Phi) is 32.9. The highest BCUT2D eigenvalue weighted by atomic mass is 16.6. The van der Waals surface area contributed by atoms with Crippen LogP contribution >= 0.6 is 0 Å². The third-order valence-electron chi connectivity index (χ3n) is 8.58. The summed E-state index contributed by atoms with van der Waals surface area (Å²) in [5, 5.41) is 9.52. The van der Waals surface area contributed by atoms with Gasteiger partial charge in [-0.3, -0.25) is 9.59 Å². The van der Waals surface area contributed by atoms with Gasteiger partial charge in [0.1, 0.15) is 6.61 Å². The lowest BCUT2D eigenvalue weighted by Crippen LogP contribution is -2.28. The van der Waals surface area contributed by atoms with Crippen molar-refractivity contribution < 1.29 is 24.2 Å². The van der Waals surface area contributed by atoms with Crippen molar-refractivity contribution in [1.29, 1.82) is 0 Å². The zero-order valence-corrected chi connectivity index (χ0v) is 29.2. The van der Waals surface area contributed by atoms with Crippen LogP contribution in [0.1, 0.15) is 207 Å². The molecule has 0 fully saturated rings. The van der Waals surface area contributed by atoms with E-state index in [0.29, 0.717) is 12.8 Å². The van der Waals surface area contributed by atoms with E-state index in [9.17, 15) is 14.7 Å². The fourth-order valence-electron chi connectivity index (χ4n) is 5.68. The fourth-order valence-corrected chi connectivity index (χ4v) is 5.68. The van der Waals surface area contributed by atoms with Crippen LogP contribution in [0.25, 0.3) is 0 Å². The van der Waals surface area contributed by atoms with Crippen molar-refractivity contribution in [2.45, 2.75) is 213 Å². The van der Waals surface area contributed by atoms with Crippen molar-refractivity contribution >= 4 is 11.9 Å². The van der Waals surface area contributed by atoms with E-state index in [-0.39, 0.29) is 25.2 Å². The third-order valence-corrected chi connectivity index (χ3v) is 8.58. The lowest BCUT2D eigenvalue weighted by molar-refractivity contribution is -0.161. The average molecular weight is 611 g/mol. The highest BCUT2D eigenvalue weighted by Crippen LogP contribution is 2.16. The van der Waals surface area contributed by atoms with Crippen LogP contribution in [-0.2, 0) is 19.1 Å². The summed E-state index contributed by atoms with van der Waals surface area (Å²) in [5.41, 5.74) is 0. The van der Waals surface area contributed by atoms with Crippen LogP contribution < -0.4 is 0 Å². The van der Waals surface area contributed by atoms with Gasteiger partial charge in [-0.2, -0.15) is 0 Å². The van der Waals surface area contributed by atoms with E-state index in [1.807, 2.05) is 0 Å². The van der Waals surface area contributed by atoms with Gasteiger partial charge in [0.25, 0.3) is 0 Å². The van der Waals surface area contributed by atoms with Gasteiger partial charge in [0.15, 0.2) is 6.10 Å². The number of unbranched alkanes of at least 4 members (excludes halogenated alkanes) is 24. The molecule has 0 aliphatic rings. The topological polar surface area (TPSA) is 72.8 Å². The molecule has 0 aromatic carbocycles. The summed E-state index contributed by atoms with van der Waals surface area (Å²) in [5.74, 6) is 0.212. The lowest BCUT2D eigenvalue weighted by atomic mass is 10.0. The number of hydrogen-bond donors (Lipinski definition) is 1. The zero-order chi connectivity index (χ0) is 31.6. The molecule has 0 aromatic rings. The van der Waals surface area contributed by atoms with Crippen LogP contribution in [-0.4, -0.2) is 36.4 Å². The SMILES string of the molecule is CCCCCCCCCCCCCCCCCCCCCC(=O)O[C@@H](CO)COC(=O)CCCCCCCCCC(C)C. The smallest absolute Gasteiger partial charge is 0.306 e. The summed E-state index contributed by atoms with van der Waals surface area (Å²) in [4.78, 5) is 24.1. The van der Waals surface area contributed by atoms with Crippen molar-refractivity contribution in [2.75, 3.05) is 13.2 Å². The quantitative estimate of drug-likeness (QED) is 0.0579. The number of esters is 2. The first-order valence-corrected chi connectivity index (χ1v) is 19.0. The molecule has 0 aromatic heterocycles. The molecule has 43 heavy (non-hydrogen) atoms. The van der Waals surface area contributed by atoms with Crippen LogP contribution in [0.5, 0.6) is 0 Å². The normalized spacial score (nSPS) is 12.1. The molecule has 0 saturated heterocycles. The Morgan fingerprint density at radius 3 is 1.23 bits per heavy atom. The number of aliphatic hydroxyl groups excluding tert-OH is 1. The Morgan fingerprint density at radius 2 is 0.860 bits per heavy atom. The largest absolute Gasteiger partial charge is 0.462 e. The molecular formula is C38H74O5. The summed E-state index contributed by atoms with van der Waals surface area (Å²) in [6.45, 7) is 6.44. The Hall–Kier alpha value is -1.10. The minimum atomic E-state index is -0.761. The molecule has 0 unspecified atom stereocenters. The maximum Gasteiger partial charge on any atom is 0.306 e. The molecule has 1 atom stereocenters. The molecule has 0 saturated carbocycles. The molecule has 0 rings (SSSR count). The van der Waals surface area contributed by atoms with Crippen molar-refractivity contribution in [3.63, 3.8) is 0 Å². The number of aliphatic hydroxyl groups is 1. The van der Waals surface area contributed by atoms with E-state index >= 15 is 0 Å². The van der Waals surface area contributed by atoms with E-state index in [1.165, 1.54) is 135 Å². The molecule has 0 aliphatic heterocycles. The van der Waals surface area contributed by atoms with E-state index in [2.05, 4.69) is 20.8 Å². The minimum Gasteiger partial charge on any atom is -0.462 e. The molecule has 0 aliphatic carbocycles. The van der Waals surface area contributed by atoms with Gasteiger partial charge in [0.2, 0.25) is 0 Å². The fraction of sp³-hybridized carbons (Fsp3) is 0.947. The van der Waals surface area contributed by atoms with Gasteiger partial charge in [0.05, 0.1) is 6.61 Å². The molecule has 256 valence electrons. The predicted octanol–water partition coefficient (Wildman–Crippen LogP) is 11.4. The summed E-state index contributed by atoms with van der Waals surface area (Å²) < 4.78 is 10.6. The molecule has 0 radical (unpaired) electrons. The van der Waals surface area contributed by atoms with E-state index in [1.54, 1.807) is 0 Å². The highest BCUT2D eigenvalue weighted by molar-refractivity contribution is 5.70. The number of carbonyl (C=O) groups excluding carboxylic acids is 2. The van der Waals surface area contributed by atoms with Crippen molar-refractivity contribution in [3.8, 4) is 0 Å². The highest BCUT2D eigenvalue weighted by Gasteiger charge is 2.16. The number of carbonyl (C=O) groups is 2. The van der Waals surface area contributed by atoms with Crippen molar-refractivity contribution in [1.82, 2.24) is 0 Å². The second-order valence-corrected chi connectivity index (χ2v) is 13.5. The summed E-state index contributed by atoms with van der Waals surface area (Å²) in [7, 11) is 0. The van der Waals surface area contributed by atoms with Crippen molar-refractivity contribution in [2.24, 2.45) is 5.92 Å². The summed E-state index contributed by atoms with van der Waals surface area (Å²) in [6, 6.07) is 0. The van der Waals surface area contributed by atoms with E-state index < -0.39 is 6.10 Å². The second kappa shape index (κ2) is 33.8. The van der Waals surface area contributed by atoms with E-state index in [4.69, 9.17) is 9.47 Å². The molecular weight excluding hydrogens is 536 g/mol. The third kappa shape index (κ3) is 33.6. The monoisotopic (exact) mass is 611 g/mol. The maximum atomic E-state index is 12.1. The first-order valence-electron chi connectivity index (χ1n) is 19.0. The average Bonchev–Trinajstić information content (AvgIpc) is 2.99. The van der Waals surface area contributed by atoms with Crippen LogP contribution in [0.4, 0.5) is 0 Å². The minimum absolute atomic E-state index is 0.0594. The van der Waals surface area contributed by atoms with Crippen LogP contribution in [0, 0.1) is 5.92 Å². The van der Waals surface area contributed by atoms with Crippen LogP contribution in [0.3, 0.4) is 0 Å². The summed E-state index contributed by atoms with van der Waals surface area (Å²) >= 11 is 0. The van der Waals surface area contributed by atoms with Crippen LogP contribution in [0.2, 0.25) is 0 Å². The molecule has 5 heteroatoms. The van der Waals surface area contributed by atoms with Crippen molar-refractivity contribution in [3.05, 3.63) is 0 Å². The van der Waals surface area contributed by atoms with Gasteiger partial charge in [-0.1, -0.05) is 181 Å². The predicted molar refractivity (Wildman–Crippen MR) is 182 cm³/mol. The first kappa shape index (κ1) is 41.9. The molecule has 0 heterocycles. The molecule has 1 N–H and O–H groups in total.